The number of guanidine groups is 1. The molecule has 7 heteroatoms. The highest BCUT2D eigenvalue weighted by molar-refractivity contribution is 14.0. The van der Waals surface area contributed by atoms with Crippen molar-refractivity contribution in [1.29, 1.82) is 5.26 Å². The summed E-state index contributed by atoms with van der Waals surface area (Å²) < 4.78 is 19.3. The average molecular weight is 462 g/mol. The highest BCUT2D eigenvalue weighted by Crippen LogP contribution is 2.11. The summed E-state index contributed by atoms with van der Waals surface area (Å²) in [5.41, 5.74) is 0.831. The Bertz CT molecular complexity index is 573. The molecule has 0 aliphatic heterocycles. The van der Waals surface area contributed by atoms with Gasteiger partial charge in [0.2, 0.25) is 0 Å². The van der Waals surface area contributed by atoms with Crippen molar-refractivity contribution in [2.45, 2.75) is 33.7 Å². The predicted molar refractivity (Wildman–Crippen MR) is 110 cm³/mol. The van der Waals surface area contributed by atoms with Gasteiger partial charge < -0.3 is 15.4 Å². The zero-order chi connectivity index (χ0) is 17.8. The van der Waals surface area contributed by atoms with Crippen LogP contribution in [0.2, 0.25) is 0 Å². The summed E-state index contributed by atoms with van der Waals surface area (Å²) >= 11 is 0. The molecule has 0 radical (unpaired) electrons. The largest absolute Gasteiger partial charge is 0.380 e. The Kier molecular flexibility index (Phi) is 13.1. The van der Waals surface area contributed by atoms with E-state index in [1.165, 1.54) is 18.2 Å². The van der Waals surface area contributed by atoms with Crippen molar-refractivity contribution in [2.75, 3.05) is 26.3 Å². The van der Waals surface area contributed by atoms with Gasteiger partial charge in [-0.2, -0.15) is 5.26 Å². The van der Waals surface area contributed by atoms with E-state index < -0.39 is 0 Å². The molecule has 1 aromatic rings. The molecular weight excluding hydrogens is 434 g/mol. The Balaban J connectivity index is 0.00000576. The van der Waals surface area contributed by atoms with Crippen molar-refractivity contribution in [2.24, 2.45) is 10.9 Å². The van der Waals surface area contributed by atoms with Gasteiger partial charge in [-0.3, -0.25) is 0 Å². The number of nitrogens with one attached hydrogen (secondary N) is 2. The summed E-state index contributed by atoms with van der Waals surface area (Å²) in [5, 5.41) is 15.1. The van der Waals surface area contributed by atoms with Gasteiger partial charge in [0.25, 0.3) is 0 Å². The topological polar surface area (TPSA) is 69.4 Å². The molecule has 0 unspecified atom stereocenters. The molecule has 0 bridgehead atoms. The van der Waals surface area contributed by atoms with E-state index in [0.717, 1.165) is 13.0 Å². The van der Waals surface area contributed by atoms with Crippen LogP contribution in [0.25, 0.3) is 0 Å². The normalized spacial score (nSPS) is 11.0. The lowest BCUT2D eigenvalue weighted by molar-refractivity contribution is 0.128. The zero-order valence-electron chi connectivity index (χ0n) is 15.1. The maximum absolute atomic E-state index is 13.8. The van der Waals surface area contributed by atoms with Crippen molar-refractivity contribution >= 4 is 29.9 Å². The molecule has 0 heterocycles. The third-order valence-electron chi connectivity index (χ3n) is 3.30. The summed E-state index contributed by atoms with van der Waals surface area (Å²) in [6.07, 6.45) is 1.04. The average Bonchev–Trinajstić information content (AvgIpc) is 2.56. The second-order valence-electron chi connectivity index (χ2n) is 5.83. The van der Waals surface area contributed by atoms with Crippen LogP contribution in [0, 0.1) is 23.1 Å². The van der Waals surface area contributed by atoms with Crippen LogP contribution in [0.15, 0.2) is 23.2 Å². The van der Waals surface area contributed by atoms with E-state index in [0.29, 0.717) is 42.7 Å². The van der Waals surface area contributed by atoms with Crippen LogP contribution in [0.3, 0.4) is 0 Å². The van der Waals surface area contributed by atoms with Gasteiger partial charge in [-0.05, 0) is 37.5 Å². The Morgan fingerprint density at radius 1 is 1.32 bits per heavy atom. The smallest absolute Gasteiger partial charge is 0.191 e. The summed E-state index contributed by atoms with van der Waals surface area (Å²) in [6, 6.07) is 6.29. The van der Waals surface area contributed by atoms with Gasteiger partial charge in [0, 0.05) is 25.3 Å². The van der Waals surface area contributed by atoms with E-state index in [9.17, 15) is 4.39 Å². The summed E-state index contributed by atoms with van der Waals surface area (Å²) in [7, 11) is 0. The van der Waals surface area contributed by atoms with Gasteiger partial charge in [-0.15, -0.1) is 24.0 Å². The first kappa shape index (κ1) is 23.6. The van der Waals surface area contributed by atoms with Gasteiger partial charge in [-0.25, -0.2) is 9.38 Å². The quantitative estimate of drug-likeness (QED) is 0.255. The van der Waals surface area contributed by atoms with Crippen LogP contribution in [0.5, 0.6) is 0 Å². The van der Waals surface area contributed by atoms with Crippen molar-refractivity contribution < 1.29 is 9.13 Å². The maximum Gasteiger partial charge on any atom is 0.191 e. The number of ether oxygens (including phenoxy) is 1. The van der Waals surface area contributed by atoms with Crippen LogP contribution < -0.4 is 10.6 Å². The molecule has 2 N–H and O–H groups in total. The number of hydrogen-bond acceptors (Lipinski definition) is 3. The van der Waals surface area contributed by atoms with Crippen molar-refractivity contribution in [3.8, 4) is 6.07 Å². The van der Waals surface area contributed by atoms with Gasteiger partial charge in [0.15, 0.2) is 5.96 Å². The standard InChI is InChI=1S/C18H27FN4O.HI/c1-4-21-18(22-8-10-24-9-7-14(2)3)23-13-16-11-15(12-20)5-6-17(16)19;/h5-6,11,14H,4,7-10,13H2,1-3H3,(H2,21,22,23);1H. The molecule has 1 aromatic carbocycles. The minimum absolute atomic E-state index is 0. The van der Waals surface area contributed by atoms with E-state index in [4.69, 9.17) is 10.00 Å². The summed E-state index contributed by atoms with van der Waals surface area (Å²) in [5.74, 6) is 0.883. The van der Waals surface area contributed by atoms with E-state index in [2.05, 4.69) is 29.5 Å². The molecule has 0 aromatic heterocycles. The fraction of sp³-hybridized carbons (Fsp3) is 0.556. The molecule has 140 valence electrons. The second-order valence-corrected chi connectivity index (χ2v) is 5.83. The molecule has 0 amide bonds. The Labute approximate surface area is 167 Å². The van der Waals surface area contributed by atoms with Crippen LogP contribution >= 0.6 is 24.0 Å². The monoisotopic (exact) mass is 462 g/mol. The third kappa shape index (κ3) is 10.2. The van der Waals surface area contributed by atoms with Gasteiger partial charge >= 0.3 is 0 Å². The first-order chi connectivity index (χ1) is 11.6. The summed E-state index contributed by atoms with van der Waals surface area (Å²) in [6.45, 7) is 9.15. The van der Waals surface area contributed by atoms with Crippen LogP contribution in [-0.4, -0.2) is 32.3 Å². The van der Waals surface area contributed by atoms with Crippen molar-refractivity contribution in [1.82, 2.24) is 10.6 Å². The zero-order valence-corrected chi connectivity index (χ0v) is 17.5. The number of nitriles is 1. The molecule has 5 nitrogen and oxygen atoms in total. The lowest BCUT2D eigenvalue weighted by atomic mass is 10.1. The molecule has 0 atom stereocenters. The lowest BCUT2D eigenvalue weighted by Crippen LogP contribution is -2.39. The van der Waals surface area contributed by atoms with E-state index in [-0.39, 0.29) is 36.3 Å². The van der Waals surface area contributed by atoms with Crippen molar-refractivity contribution in [3.05, 3.63) is 35.1 Å². The van der Waals surface area contributed by atoms with Gasteiger partial charge in [0.05, 0.1) is 24.8 Å². The molecule has 25 heavy (non-hydrogen) atoms. The number of halogens is 2. The van der Waals surface area contributed by atoms with Gasteiger partial charge in [-0.1, -0.05) is 13.8 Å². The fourth-order valence-electron chi connectivity index (χ4n) is 1.93. The first-order valence-electron chi connectivity index (χ1n) is 8.35. The van der Waals surface area contributed by atoms with E-state index in [1.54, 1.807) is 0 Å². The van der Waals surface area contributed by atoms with Crippen LogP contribution in [-0.2, 0) is 11.3 Å². The fourth-order valence-corrected chi connectivity index (χ4v) is 1.93. The lowest BCUT2D eigenvalue weighted by Gasteiger charge is -2.12. The Morgan fingerprint density at radius 2 is 2.08 bits per heavy atom. The van der Waals surface area contributed by atoms with Crippen LogP contribution in [0.1, 0.15) is 38.3 Å². The first-order valence-corrected chi connectivity index (χ1v) is 8.35. The van der Waals surface area contributed by atoms with Crippen molar-refractivity contribution in [3.63, 3.8) is 0 Å². The van der Waals surface area contributed by atoms with E-state index >= 15 is 0 Å². The minimum atomic E-state index is -0.356. The minimum Gasteiger partial charge on any atom is -0.380 e. The second kappa shape index (κ2) is 13.8. The molecule has 0 spiro atoms. The number of nitrogens with zero attached hydrogens (tertiary/aromatic N) is 2. The highest BCUT2D eigenvalue weighted by Gasteiger charge is 2.04. The molecule has 0 aliphatic carbocycles. The predicted octanol–water partition coefficient (Wildman–Crippen LogP) is 3.43. The molecule has 1 rings (SSSR count). The Hall–Kier alpha value is -1.40. The Morgan fingerprint density at radius 3 is 2.72 bits per heavy atom. The van der Waals surface area contributed by atoms with Gasteiger partial charge in [0.1, 0.15) is 5.82 Å². The molecular formula is C18H28FIN4O. The molecule has 0 fully saturated rings. The number of aliphatic imine (C=N–C) groups is 1. The molecule has 0 saturated carbocycles. The third-order valence-corrected chi connectivity index (χ3v) is 3.30. The number of hydrogen-bond donors (Lipinski definition) is 2. The SMILES string of the molecule is CCNC(=NCc1cc(C#N)ccc1F)NCCOCCC(C)C.I. The highest BCUT2D eigenvalue weighted by atomic mass is 127. The number of benzene rings is 1. The molecule has 0 aliphatic rings. The van der Waals surface area contributed by atoms with Crippen LogP contribution in [0.4, 0.5) is 4.39 Å². The molecule has 0 saturated heterocycles. The van der Waals surface area contributed by atoms with E-state index in [1.807, 2.05) is 13.0 Å². The number of rotatable bonds is 9. The maximum atomic E-state index is 13.8. The summed E-state index contributed by atoms with van der Waals surface area (Å²) in [4.78, 5) is 4.36.